The predicted octanol–water partition coefficient (Wildman–Crippen LogP) is 2.00. The topological polar surface area (TPSA) is 94.2 Å². The lowest BCUT2D eigenvalue weighted by Gasteiger charge is -2.20. The molecule has 6 nitrogen and oxygen atoms in total. The standard InChI is InChI=1S/C15H14ClN5O/c16-6-1-2-10-7(3-6)12-13(22-10)14(20-15(18)19-12)21-4-8-9(5-21)11(8)17/h1-3,8-9,11H,4-5,17H2,(H2,18,19,20). The van der Waals surface area contributed by atoms with Gasteiger partial charge in [0.05, 0.1) is 0 Å². The second kappa shape index (κ2) is 4.02. The molecule has 7 heteroatoms. The molecular formula is C15H14ClN5O. The van der Waals surface area contributed by atoms with Gasteiger partial charge in [-0.15, -0.1) is 0 Å². The normalized spacial score (nSPS) is 26.8. The SMILES string of the molecule is Nc1nc(N2CC3C(N)C3C2)c2oc3ccc(Cl)cc3c2n1. The van der Waals surface area contributed by atoms with Crippen LogP contribution in [0.25, 0.3) is 22.1 Å². The van der Waals surface area contributed by atoms with Crippen LogP contribution < -0.4 is 16.4 Å². The third kappa shape index (κ3) is 1.59. The maximum Gasteiger partial charge on any atom is 0.222 e. The lowest BCUT2D eigenvalue weighted by atomic mass is 10.2. The molecule has 5 rings (SSSR count). The third-order valence-corrected chi connectivity index (χ3v) is 5.07. The summed E-state index contributed by atoms with van der Waals surface area (Å²) in [4.78, 5) is 10.9. The van der Waals surface area contributed by atoms with Crippen molar-refractivity contribution in [2.45, 2.75) is 6.04 Å². The minimum absolute atomic E-state index is 0.245. The molecular weight excluding hydrogens is 302 g/mol. The van der Waals surface area contributed by atoms with Gasteiger partial charge < -0.3 is 20.8 Å². The van der Waals surface area contributed by atoms with Crippen LogP contribution in [0.2, 0.25) is 5.02 Å². The summed E-state index contributed by atoms with van der Waals surface area (Å²) in [6, 6.07) is 5.82. The van der Waals surface area contributed by atoms with Crippen LogP contribution in [0.15, 0.2) is 22.6 Å². The molecule has 1 aromatic carbocycles. The van der Waals surface area contributed by atoms with Crippen molar-refractivity contribution in [2.75, 3.05) is 23.7 Å². The summed E-state index contributed by atoms with van der Waals surface area (Å²) in [6.07, 6.45) is 0. The van der Waals surface area contributed by atoms with Crippen LogP contribution in [0, 0.1) is 11.8 Å². The number of nitrogens with zero attached hydrogens (tertiary/aromatic N) is 3. The van der Waals surface area contributed by atoms with Gasteiger partial charge in [0.15, 0.2) is 11.4 Å². The molecule has 112 valence electrons. The monoisotopic (exact) mass is 315 g/mol. The van der Waals surface area contributed by atoms with E-state index in [2.05, 4.69) is 14.9 Å². The van der Waals surface area contributed by atoms with Gasteiger partial charge in [-0.05, 0) is 30.0 Å². The quantitative estimate of drug-likeness (QED) is 0.713. The zero-order valence-electron chi connectivity index (χ0n) is 11.7. The smallest absolute Gasteiger partial charge is 0.222 e. The van der Waals surface area contributed by atoms with Gasteiger partial charge in [-0.1, -0.05) is 11.6 Å². The number of hydrogen-bond acceptors (Lipinski definition) is 6. The average molecular weight is 316 g/mol. The van der Waals surface area contributed by atoms with Crippen molar-refractivity contribution in [2.24, 2.45) is 17.6 Å². The van der Waals surface area contributed by atoms with E-state index in [9.17, 15) is 0 Å². The first-order valence-electron chi connectivity index (χ1n) is 7.27. The van der Waals surface area contributed by atoms with E-state index in [0.717, 1.165) is 29.9 Å². The van der Waals surface area contributed by atoms with Crippen molar-refractivity contribution in [1.82, 2.24) is 9.97 Å². The molecule has 2 unspecified atom stereocenters. The molecule has 4 N–H and O–H groups in total. The highest BCUT2D eigenvalue weighted by atomic mass is 35.5. The van der Waals surface area contributed by atoms with Gasteiger partial charge in [0.1, 0.15) is 11.1 Å². The van der Waals surface area contributed by atoms with E-state index in [-0.39, 0.29) is 5.95 Å². The Morgan fingerprint density at radius 2 is 2.00 bits per heavy atom. The minimum atomic E-state index is 0.245. The van der Waals surface area contributed by atoms with Crippen molar-refractivity contribution in [3.63, 3.8) is 0 Å². The Morgan fingerprint density at radius 1 is 1.23 bits per heavy atom. The van der Waals surface area contributed by atoms with Crippen LogP contribution >= 0.6 is 11.6 Å². The van der Waals surface area contributed by atoms with Crippen LogP contribution in [-0.2, 0) is 0 Å². The highest BCUT2D eigenvalue weighted by Crippen LogP contribution is 2.46. The molecule has 1 aliphatic heterocycles. The van der Waals surface area contributed by atoms with E-state index in [4.69, 9.17) is 27.5 Å². The molecule has 2 aliphatic rings. The Hall–Kier alpha value is -2.05. The number of nitrogen functional groups attached to an aromatic ring is 1. The number of furan rings is 1. The lowest BCUT2D eigenvalue weighted by Crippen LogP contribution is -2.29. The van der Waals surface area contributed by atoms with E-state index in [1.165, 1.54) is 0 Å². The van der Waals surface area contributed by atoms with E-state index >= 15 is 0 Å². The van der Waals surface area contributed by atoms with Crippen LogP contribution in [0.1, 0.15) is 0 Å². The molecule has 1 saturated carbocycles. The number of piperidine rings is 1. The largest absolute Gasteiger partial charge is 0.450 e. The molecule has 1 saturated heterocycles. The van der Waals surface area contributed by atoms with E-state index in [1.54, 1.807) is 6.07 Å². The van der Waals surface area contributed by atoms with Gasteiger partial charge in [0.2, 0.25) is 5.95 Å². The van der Waals surface area contributed by atoms with Gasteiger partial charge in [0.25, 0.3) is 0 Å². The molecule has 0 amide bonds. The summed E-state index contributed by atoms with van der Waals surface area (Å²) in [7, 11) is 0. The second-order valence-electron chi connectivity index (χ2n) is 6.14. The summed E-state index contributed by atoms with van der Waals surface area (Å²) >= 11 is 6.08. The van der Waals surface area contributed by atoms with Crippen molar-refractivity contribution < 1.29 is 4.42 Å². The van der Waals surface area contributed by atoms with Crippen molar-refractivity contribution >= 4 is 45.4 Å². The first-order valence-corrected chi connectivity index (χ1v) is 7.65. The fourth-order valence-corrected chi connectivity index (χ4v) is 3.75. The van der Waals surface area contributed by atoms with Crippen molar-refractivity contribution in [3.05, 3.63) is 23.2 Å². The third-order valence-electron chi connectivity index (χ3n) is 4.83. The first-order chi connectivity index (χ1) is 10.6. The van der Waals surface area contributed by atoms with Gasteiger partial charge in [0, 0.05) is 29.5 Å². The molecule has 3 heterocycles. The molecule has 2 fully saturated rings. The van der Waals surface area contributed by atoms with Crippen LogP contribution in [-0.4, -0.2) is 29.1 Å². The Kier molecular flexibility index (Phi) is 2.28. The number of benzene rings is 1. The van der Waals surface area contributed by atoms with Gasteiger partial charge in [-0.2, -0.15) is 4.98 Å². The second-order valence-corrected chi connectivity index (χ2v) is 6.57. The molecule has 3 aromatic rings. The predicted molar refractivity (Wildman–Crippen MR) is 85.9 cm³/mol. The summed E-state index contributed by atoms with van der Waals surface area (Å²) < 4.78 is 5.97. The highest BCUT2D eigenvalue weighted by molar-refractivity contribution is 6.31. The Bertz CT molecular complexity index is 911. The zero-order valence-corrected chi connectivity index (χ0v) is 12.4. The number of anilines is 2. The van der Waals surface area contributed by atoms with Gasteiger partial charge in [-0.3, -0.25) is 0 Å². The first kappa shape index (κ1) is 12.5. The number of hydrogen-bond donors (Lipinski definition) is 2. The lowest BCUT2D eigenvalue weighted by molar-refractivity contribution is 0.657. The number of fused-ring (bicyclic) bond motifs is 4. The van der Waals surface area contributed by atoms with Crippen LogP contribution in [0.3, 0.4) is 0 Å². The number of aromatic nitrogens is 2. The van der Waals surface area contributed by atoms with Crippen LogP contribution in [0.5, 0.6) is 0 Å². The van der Waals surface area contributed by atoms with Crippen molar-refractivity contribution in [3.8, 4) is 0 Å². The average Bonchev–Trinajstić information content (AvgIpc) is 2.90. The minimum Gasteiger partial charge on any atom is -0.450 e. The van der Waals surface area contributed by atoms with Gasteiger partial charge >= 0.3 is 0 Å². The molecule has 0 bridgehead atoms. The Labute approximate surface area is 131 Å². The Morgan fingerprint density at radius 3 is 2.77 bits per heavy atom. The van der Waals surface area contributed by atoms with Crippen LogP contribution in [0.4, 0.5) is 11.8 Å². The van der Waals surface area contributed by atoms with E-state index < -0.39 is 0 Å². The molecule has 2 atom stereocenters. The fraction of sp³-hybridized carbons (Fsp3) is 0.333. The van der Waals surface area contributed by atoms with E-state index in [0.29, 0.717) is 34.0 Å². The van der Waals surface area contributed by atoms with Crippen molar-refractivity contribution in [1.29, 1.82) is 0 Å². The summed E-state index contributed by atoms with van der Waals surface area (Å²) in [6.45, 7) is 1.80. The molecule has 2 aromatic heterocycles. The summed E-state index contributed by atoms with van der Waals surface area (Å²) in [5.74, 6) is 2.12. The maximum absolute atomic E-state index is 6.08. The number of nitrogens with two attached hydrogens (primary N) is 2. The molecule has 1 aliphatic carbocycles. The molecule has 0 spiro atoms. The van der Waals surface area contributed by atoms with E-state index in [1.807, 2.05) is 12.1 Å². The molecule has 22 heavy (non-hydrogen) atoms. The summed E-state index contributed by atoms with van der Waals surface area (Å²) in [5, 5.41) is 1.50. The Balaban J connectivity index is 1.72. The fourth-order valence-electron chi connectivity index (χ4n) is 3.58. The maximum atomic E-state index is 6.08. The number of rotatable bonds is 1. The van der Waals surface area contributed by atoms with Gasteiger partial charge in [-0.25, -0.2) is 4.98 Å². The summed E-state index contributed by atoms with van der Waals surface area (Å²) in [5.41, 5.74) is 14.0. The zero-order chi connectivity index (χ0) is 15.0. The highest BCUT2D eigenvalue weighted by Gasteiger charge is 2.54. The number of halogens is 1. The molecule has 0 radical (unpaired) electrons.